The van der Waals surface area contributed by atoms with Crippen LogP contribution in [0.5, 0.6) is 5.75 Å². The van der Waals surface area contributed by atoms with Crippen LogP contribution in [0.4, 0.5) is 10.8 Å². The third kappa shape index (κ3) is 4.67. The van der Waals surface area contributed by atoms with Crippen molar-refractivity contribution in [1.29, 1.82) is 0 Å². The highest BCUT2D eigenvalue weighted by atomic mass is 32.1. The van der Waals surface area contributed by atoms with E-state index in [1.54, 1.807) is 30.0 Å². The minimum absolute atomic E-state index is 0.0160. The number of benzene rings is 1. The summed E-state index contributed by atoms with van der Waals surface area (Å²) in [6.45, 7) is 7.73. The zero-order chi connectivity index (χ0) is 27.2. The zero-order valence-corrected chi connectivity index (χ0v) is 23.1. The fraction of sp³-hybridized carbons (Fsp3) is 0.607. The van der Waals surface area contributed by atoms with Gasteiger partial charge in [-0.3, -0.25) is 9.59 Å². The lowest BCUT2D eigenvalue weighted by atomic mass is 9.47. The number of carbonyl (C=O) groups excluding carboxylic acids is 2. The van der Waals surface area contributed by atoms with E-state index in [-0.39, 0.29) is 41.4 Å². The molecular formula is C28H38N4O5S. The Hall–Kier alpha value is -2.69. The number of piperazine rings is 1. The number of aliphatic hydroxyl groups is 2. The molecule has 10 heteroatoms. The van der Waals surface area contributed by atoms with Crippen LogP contribution in [0.2, 0.25) is 0 Å². The van der Waals surface area contributed by atoms with Crippen molar-refractivity contribution in [2.24, 2.45) is 16.7 Å². The van der Waals surface area contributed by atoms with Crippen LogP contribution in [0.1, 0.15) is 56.5 Å². The summed E-state index contributed by atoms with van der Waals surface area (Å²) in [6.07, 6.45) is 1.69. The van der Waals surface area contributed by atoms with Crippen LogP contribution < -0.4 is 5.32 Å². The number of aromatic nitrogens is 1. The van der Waals surface area contributed by atoms with E-state index in [0.29, 0.717) is 50.6 Å². The fourth-order valence-corrected chi connectivity index (χ4v) is 8.07. The predicted molar refractivity (Wildman–Crippen MR) is 145 cm³/mol. The molecule has 2 aliphatic carbocycles. The molecule has 5 atom stereocenters. The first-order valence-electron chi connectivity index (χ1n) is 13.4. The Kier molecular flexibility index (Phi) is 7.17. The molecule has 38 heavy (non-hydrogen) atoms. The van der Waals surface area contributed by atoms with Gasteiger partial charge in [-0.15, -0.1) is 11.3 Å². The molecule has 1 aliphatic heterocycles. The van der Waals surface area contributed by atoms with Gasteiger partial charge in [0.1, 0.15) is 5.75 Å². The molecule has 4 N–H and O–H groups in total. The molecule has 1 saturated carbocycles. The summed E-state index contributed by atoms with van der Waals surface area (Å²) in [5, 5.41) is 35.3. The Balaban J connectivity index is 1.47. The maximum atomic E-state index is 13.7. The lowest BCUT2D eigenvalue weighted by Crippen LogP contribution is -2.58. The molecular weight excluding hydrogens is 504 g/mol. The number of aliphatic hydroxyl groups excluding tert-OH is 2. The van der Waals surface area contributed by atoms with Gasteiger partial charge in [-0.1, -0.05) is 19.9 Å². The summed E-state index contributed by atoms with van der Waals surface area (Å²) in [5.41, 5.74) is 0.647. The normalized spacial score (nSPS) is 30.9. The summed E-state index contributed by atoms with van der Waals surface area (Å²) in [6, 6.07) is 6.88. The summed E-state index contributed by atoms with van der Waals surface area (Å²) in [7, 11) is 0. The first-order chi connectivity index (χ1) is 18.0. The first-order valence-corrected chi connectivity index (χ1v) is 14.2. The topological polar surface area (TPSA) is 126 Å². The highest BCUT2D eigenvalue weighted by molar-refractivity contribution is 7.15. The summed E-state index contributed by atoms with van der Waals surface area (Å²) in [4.78, 5) is 35.1. The smallest absolute Gasteiger partial charge is 0.223 e. The Bertz CT molecular complexity index is 1210. The predicted octanol–water partition coefficient (Wildman–Crippen LogP) is 3.09. The second-order valence-electron chi connectivity index (χ2n) is 11.6. The van der Waals surface area contributed by atoms with E-state index in [1.165, 1.54) is 11.3 Å². The number of nitrogens with zero attached hydrogens (tertiary/aromatic N) is 3. The molecule has 9 nitrogen and oxygen atoms in total. The molecule has 0 radical (unpaired) electrons. The minimum Gasteiger partial charge on any atom is -0.508 e. The van der Waals surface area contributed by atoms with Crippen LogP contribution in [0, 0.1) is 16.7 Å². The Morgan fingerprint density at radius 3 is 2.55 bits per heavy atom. The molecule has 0 spiro atoms. The molecule has 2 fully saturated rings. The number of phenols is 1. The highest BCUT2D eigenvalue weighted by Crippen LogP contribution is 2.63. The molecule has 2 heterocycles. The zero-order valence-electron chi connectivity index (χ0n) is 22.3. The van der Waals surface area contributed by atoms with Gasteiger partial charge in [0.15, 0.2) is 5.13 Å². The van der Waals surface area contributed by atoms with Gasteiger partial charge in [-0.05, 0) is 42.7 Å². The van der Waals surface area contributed by atoms with Crippen molar-refractivity contribution in [3.05, 3.63) is 34.8 Å². The second-order valence-corrected chi connectivity index (χ2v) is 12.7. The van der Waals surface area contributed by atoms with E-state index in [2.05, 4.69) is 12.2 Å². The second kappa shape index (κ2) is 10.1. The average molecular weight is 543 g/mol. The first kappa shape index (κ1) is 26.9. The molecule has 0 bridgehead atoms. The number of phenolic OH excluding ortho intramolecular Hbond substituents is 1. The van der Waals surface area contributed by atoms with E-state index < -0.39 is 11.5 Å². The van der Waals surface area contributed by atoms with Gasteiger partial charge >= 0.3 is 0 Å². The van der Waals surface area contributed by atoms with Gasteiger partial charge in [0.25, 0.3) is 0 Å². The Labute approximate surface area is 227 Å². The Morgan fingerprint density at radius 1 is 1.18 bits per heavy atom. The van der Waals surface area contributed by atoms with Crippen molar-refractivity contribution in [3.63, 3.8) is 0 Å². The van der Waals surface area contributed by atoms with E-state index in [4.69, 9.17) is 4.98 Å². The molecule has 1 aromatic heterocycles. The quantitative estimate of drug-likeness (QED) is 0.457. The highest BCUT2D eigenvalue weighted by Gasteiger charge is 2.59. The lowest BCUT2D eigenvalue weighted by Gasteiger charge is -2.58. The number of anilines is 2. The van der Waals surface area contributed by atoms with Crippen molar-refractivity contribution < 1.29 is 24.9 Å². The SMILES string of the molecule is CC(=O)N1CCN(C(=O)CC2c3nc(Nc4cccc(O)c4)sc3CC3C(C)(CO)C(O)CCC23C)CC1. The van der Waals surface area contributed by atoms with Crippen molar-refractivity contribution >= 4 is 34.0 Å². The van der Waals surface area contributed by atoms with Crippen molar-refractivity contribution in [2.75, 3.05) is 38.1 Å². The van der Waals surface area contributed by atoms with Gasteiger partial charge < -0.3 is 30.4 Å². The van der Waals surface area contributed by atoms with Crippen molar-refractivity contribution in [3.8, 4) is 5.75 Å². The van der Waals surface area contributed by atoms with Crippen LogP contribution in [0.3, 0.4) is 0 Å². The van der Waals surface area contributed by atoms with Gasteiger partial charge in [-0.25, -0.2) is 4.98 Å². The average Bonchev–Trinajstić information content (AvgIpc) is 3.29. The number of amides is 2. The third-order valence-electron chi connectivity index (χ3n) is 9.45. The number of thiazole rings is 1. The maximum absolute atomic E-state index is 13.7. The monoisotopic (exact) mass is 542 g/mol. The molecule has 2 aromatic rings. The summed E-state index contributed by atoms with van der Waals surface area (Å²) < 4.78 is 0. The summed E-state index contributed by atoms with van der Waals surface area (Å²) in [5.74, 6) is 0.0681. The van der Waals surface area contributed by atoms with Crippen LogP contribution in [0.25, 0.3) is 0 Å². The van der Waals surface area contributed by atoms with Crippen LogP contribution in [0.15, 0.2) is 24.3 Å². The van der Waals surface area contributed by atoms with Crippen LogP contribution >= 0.6 is 11.3 Å². The molecule has 5 rings (SSSR count). The van der Waals surface area contributed by atoms with Gasteiger partial charge in [-0.2, -0.15) is 0 Å². The van der Waals surface area contributed by atoms with E-state index >= 15 is 0 Å². The number of rotatable bonds is 5. The van der Waals surface area contributed by atoms with Crippen LogP contribution in [-0.2, 0) is 16.0 Å². The number of carbonyl (C=O) groups is 2. The van der Waals surface area contributed by atoms with Crippen LogP contribution in [-0.4, -0.2) is 80.8 Å². The summed E-state index contributed by atoms with van der Waals surface area (Å²) >= 11 is 1.54. The van der Waals surface area contributed by atoms with E-state index in [9.17, 15) is 24.9 Å². The van der Waals surface area contributed by atoms with Gasteiger partial charge in [0.2, 0.25) is 11.8 Å². The van der Waals surface area contributed by atoms with E-state index in [0.717, 1.165) is 22.7 Å². The molecule has 2 amide bonds. The third-order valence-corrected chi connectivity index (χ3v) is 10.5. The molecule has 206 valence electrons. The Morgan fingerprint density at radius 2 is 1.89 bits per heavy atom. The number of hydrogen-bond acceptors (Lipinski definition) is 8. The maximum Gasteiger partial charge on any atom is 0.223 e. The van der Waals surface area contributed by atoms with Gasteiger partial charge in [0, 0.05) is 67.5 Å². The number of fused-ring (bicyclic) bond motifs is 2. The standard InChI is InChI=1S/C28H38N4O5S/c1-17(34)31-9-11-32(12-10-31)24(37)14-20-25-21(38-26(30-25)29-18-5-4-6-19(35)13-18)15-22-27(20,2)8-7-23(36)28(22,3)16-33/h4-6,13,20,22-23,33,35-36H,7-12,14-16H2,1-3H3,(H,29,30). The van der Waals surface area contributed by atoms with Gasteiger partial charge in [0.05, 0.1) is 18.4 Å². The molecule has 5 unspecified atom stereocenters. The minimum atomic E-state index is -0.679. The molecule has 1 aromatic carbocycles. The van der Waals surface area contributed by atoms with Crippen molar-refractivity contribution in [1.82, 2.24) is 14.8 Å². The lowest BCUT2D eigenvalue weighted by molar-refractivity contribution is -0.149. The largest absolute Gasteiger partial charge is 0.508 e. The number of aromatic hydroxyl groups is 1. The fourth-order valence-electron chi connectivity index (χ4n) is 6.98. The van der Waals surface area contributed by atoms with Crippen molar-refractivity contribution in [2.45, 2.75) is 58.5 Å². The molecule has 1 saturated heterocycles. The number of hydrogen-bond donors (Lipinski definition) is 4. The number of nitrogens with one attached hydrogen (secondary N) is 1. The van der Waals surface area contributed by atoms with E-state index in [1.807, 2.05) is 17.9 Å². The molecule has 3 aliphatic rings.